The second kappa shape index (κ2) is 3.77. The van der Waals surface area contributed by atoms with E-state index in [4.69, 9.17) is 0 Å². The molecule has 0 aromatic heterocycles. The summed E-state index contributed by atoms with van der Waals surface area (Å²) in [4.78, 5) is 18.8. The fraction of sp³-hybridized carbons (Fsp3) is 0.600. The largest absolute Gasteiger partial charge is 0.324 e. The molecule has 2 aliphatic rings. The summed E-state index contributed by atoms with van der Waals surface area (Å²) < 4.78 is 0. The number of Topliss-reactive ketones (excluding diaryl/α,β-unsaturated/α-hetero) is 1. The molecule has 2 aliphatic heterocycles. The van der Waals surface area contributed by atoms with Crippen LogP contribution in [0.5, 0.6) is 0 Å². The van der Waals surface area contributed by atoms with E-state index in [0.717, 1.165) is 41.7 Å². The second-order valence-corrected chi connectivity index (χ2v) is 4.57. The highest BCUT2D eigenvalue weighted by Crippen LogP contribution is 2.35. The molecular formula is C10H14N2OS. The molecule has 0 spiro atoms. The van der Waals surface area contributed by atoms with Crippen LogP contribution in [-0.4, -0.2) is 28.9 Å². The van der Waals surface area contributed by atoms with Crippen LogP contribution in [-0.2, 0) is 4.79 Å². The van der Waals surface area contributed by atoms with Crippen molar-refractivity contribution in [3.8, 4) is 0 Å². The van der Waals surface area contributed by atoms with Crippen molar-refractivity contribution in [1.82, 2.24) is 4.90 Å². The molecule has 14 heavy (non-hydrogen) atoms. The molecule has 0 aromatic carbocycles. The van der Waals surface area contributed by atoms with Gasteiger partial charge in [0.1, 0.15) is 0 Å². The molecule has 0 unspecified atom stereocenters. The highest BCUT2D eigenvalue weighted by Gasteiger charge is 2.29. The third kappa shape index (κ3) is 1.59. The van der Waals surface area contributed by atoms with Crippen molar-refractivity contribution in [3.63, 3.8) is 0 Å². The van der Waals surface area contributed by atoms with Crippen molar-refractivity contribution in [2.45, 2.75) is 26.7 Å². The van der Waals surface area contributed by atoms with Crippen LogP contribution < -0.4 is 0 Å². The quantitative estimate of drug-likeness (QED) is 0.663. The number of fused-ring (bicyclic) bond motifs is 1. The molecule has 0 amide bonds. The number of carbonyl (C=O) groups is 1. The Morgan fingerprint density at radius 1 is 1.50 bits per heavy atom. The third-order valence-corrected chi connectivity index (χ3v) is 3.83. The molecule has 0 saturated heterocycles. The first-order valence-corrected chi connectivity index (χ1v) is 5.73. The van der Waals surface area contributed by atoms with Crippen molar-refractivity contribution < 1.29 is 4.79 Å². The normalized spacial score (nSPS) is 21.9. The number of ketones is 1. The molecule has 3 nitrogen and oxygen atoms in total. The van der Waals surface area contributed by atoms with E-state index in [2.05, 4.69) is 9.89 Å². The van der Waals surface area contributed by atoms with Crippen molar-refractivity contribution in [2.75, 3.05) is 13.1 Å². The Morgan fingerprint density at radius 2 is 2.29 bits per heavy atom. The Morgan fingerprint density at radius 3 is 3.00 bits per heavy atom. The molecule has 0 aromatic rings. The molecular weight excluding hydrogens is 196 g/mol. The van der Waals surface area contributed by atoms with E-state index in [-0.39, 0.29) is 5.78 Å². The average Bonchev–Trinajstić information content (AvgIpc) is 2.37. The maximum Gasteiger partial charge on any atom is 0.168 e. The van der Waals surface area contributed by atoms with E-state index in [9.17, 15) is 4.79 Å². The van der Waals surface area contributed by atoms with Gasteiger partial charge in [0, 0.05) is 18.8 Å². The minimum absolute atomic E-state index is 0.156. The molecule has 0 N–H and O–H groups in total. The molecule has 0 saturated carbocycles. The van der Waals surface area contributed by atoms with Crippen molar-refractivity contribution >= 4 is 22.7 Å². The molecule has 0 atom stereocenters. The Bertz CT molecular complexity index is 333. The highest BCUT2D eigenvalue weighted by atomic mass is 32.2. The number of allylic oxidation sites excluding steroid dienone is 2. The van der Waals surface area contributed by atoms with E-state index in [0.29, 0.717) is 0 Å². The smallest absolute Gasteiger partial charge is 0.168 e. The molecule has 0 fully saturated rings. The number of rotatable bonds is 1. The molecule has 76 valence electrons. The lowest BCUT2D eigenvalue weighted by Gasteiger charge is -2.17. The first kappa shape index (κ1) is 9.77. The van der Waals surface area contributed by atoms with Gasteiger partial charge in [-0.25, -0.2) is 0 Å². The number of thioether (sulfide) groups is 1. The van der Waals surface area contributed by atoms with Crippen LogP contribution in [0.2, 0.25) is 0 Å². The highest BCUT2D eigenvalue weighted by molar-refractivity contribution is 8.18. The third-order valence-electron chi connectivity index (χ3n) is 2.51. The summed E-state index contributed by atoms with van der Waals surface area (Å²) in [6, 6.07) is 0. The number of aliphatic imine (C=N–C) groups is 1. The Balaban J connectivity index is 2.29. The van der Waals surface area contributed by atoms with Crippen molar-refractivity contribution in [3.05, 3.63) is 10.6 Å². The summed E-state index contributed by atoms with van der Waals surface area (Å²) >= 11 is 1.53. The van der Waals surface area contributed by atoms with Gasteiger partial charge < -0.3 is 4.90 Å². The number of nitrogens with zero attached hydrogens (tertiary/aromatic N) is 2. The van der Waals surface area contributed by atoms with Crippen LogP contribution in [0.4, 0.5) is 0 Å². The Kier molecular flexibility index (Phi) is 2.63. The van der Waals surface area contributed by atoms with E-state index in [1.807, 2.05) is 6.92 Å². The molecule has 2 heterocycles. The zero-order valence-corrected chi connectivity index (χ0v) is 9.36. The van der Waals surface area contributed by atoms with Gasteiger partial charge in [-0.15, -0.1) is 0 Å². The minimum atomic E-state index is 0.156. The minimum Gasteiger partial charge on any atom is -0.324 e. The predicted molar refractivity (Wildman–Crippen MR) is 59.2 cm³/mol. The van der Waals surface area contributed by atoms with Gasteiger partial charge in [-0.05, 0) is 38.5 Å². The number of carbonyl (C=O) groups excluding carboxylic acids is 1. The van der Waals surface area contributed by atoms with Gasteiger partial charge in [0.2, 0.25) is 0 Å². The van der Waals surface area contributed by atoms with E-state index in [1.165, 1.54) is 11.8 Å². The van der Waals surface area contributed by atoms with Crippen molar-refractivity contribution in [2.24, 2.45) is 4.99 Å². The maximum absolute atomic E-state index is 11.3. The first-order valence-electron chi connectivity index (χ1n) is 4.92. The van der Waals surface area contributed by atoms with E-state index >= 15 is 0 Å². The lowest BCUT2D eigenvalue weighted by atomic mass is 10.2. The number of hydrogen-bond acceptors (Lipinski definition) is 4. The Labute approximate surface area is 88.3 Å². The predicted octanol–water partition coefficient (Wildman–Crippen LogP) is 2.01. The average molecular weight is 210 g/mol. The zero-order valence-electron chi connectivity index (χ0n) is 8.54. The van der Waals surface area contributed by atoms with Crippen LogP contribution in [0.3, 0.4) is 0 Å². The molecule has 0 bridgehead atoms. The summed E-state index contributed by atoms with van der Waals surface area (Å²) in [7, 11) is 0. The standard InChI is InChI=1S/C10H14N2OS/c1-7-9(8(2)13)14-10-11-5-3-4-6-12(7)10/h3-6H2,1-2H3. The first-order chi connectivity index (χ1) is 6.70. The molecule has 2 rings (SSSR count). The number of hydrogen-bond donors (Lipinski definition) is 0. The van der Waals surface area contributed by atoms with Gasteiger partial charge in [-0.2, -0.15) is 0 Å². The van der Waals surface area contributed by atoms with E-state index in [1.54, 1.807) is 6.92 Å². The molecule has 4 heteroatoms. The fourth-order valence-corrected chi connectivity index (χ4v) is 2.83. The van der Waals surface area contributed by atoms with Gasteiger partial charge in [-0.3, -0.25) is 9.79 Å². The van der Waals surface area contributed by atoms with Crippen LogP contribution in [0.15, 0.2) is 15.6 Å². The van der Waals surface area contributed by atoms with Gasteiger partial charge in [-0.1, -0.05) is 0 Å². The summed E-state index contributed by atoms with van der Waals surface area (Å²) in [5.74, 6) is 0.156. The summed E-state index contributed by atoms with van der Waals surface area (Å²) in [6.45, 7) is 5.54. The topological polar surface area (TPSA) is 32.7 Å². The summed E-state index contributed by atoms with van der Waals surface area (Å²) in [5, 5.41) is 1.02. The van der Waals surface area contributed by atoms with Gasteiger partial charge in [0.25, 0.3) is 0 Å². The fourth-order valence-electron chi connectivity index (χ4n) is 1.75. The van der Waals surface area contributed by atoms with Crippen molar-refractivity contribution in [1.29, 1.82) is 0 Å². The molecule has 0 aliphatic carbocycles. The van der Waals surface area contributed by atoms with Crippen LogP contribution in [0.25, 0.3) is 0 Å². The maximum atomic E-state index is 11.3. The Hall–Kier alpha value is -0.770. The second-order valence-electron chi connectivity index (χ2n) is 3.60. The SMILES string of the molecule is CC(=O)C1=C(C)N2CCCCN=C2S1. The van der Waals surface area contributed by atoms with Gasteiger partial charge in [0.15, 0.2) is 11.0 Å². The summed E-state index contributed by atoms with van der Waals surface area (Å²) in [6.07, 6.45) is 2.32. The number of amidine groups is 1. The van der Waals surface area contributed by atoms with E-state index < -0.39 is 0 Å². The zero-order chi connectivity index (χ0) is 10.1. The van der Waals surface area contributed by atoms with Crippen LogP contribution in [0, 0.1) is 0 Å². The lowest BCUT2D eigenvalue weighted by molar-refractivity contribution is -0.113. The van der Waals surface area contributed by atoms with Crippen LogP contribution in [0.1, 0.15) is 26.7 Å². The summed E-state index contributed by atoms with van der Waals surface area (Å²) in [5.41, 5.74) is 1.09. The van der Waals surface area contributed by atoms with Gasteiger partial charge in [0.05, 0.1) is 4.91 Å². The molecule has 0 radical (unpaired) electrons. The van der Waals surface area contributed by atoms with Gasteiger partial charge >= 0.3 is 0 Å². The van der Waals surface area contributed by atoms with Crippen LogP contribution >= 0.6 is 11.8 Å². The monoisotopic (exact) mass is 210 g/mol. The lowest BCUT2D eigenvalue weighted by Crippen LogP contribution is -2.23.